The Labute approximate surface area is 116 Å². The smallest absolute Gasteiger partial charge is 0.229 e. The molecule has 0 radical (unpaired) electrons. The SMILES string of the molecule is CC(CCS(C)=O)NC(=O)C1CNc2ccccc21. The molecular weight excluding hydrogens is 260 g/mol. The predicted octanol–water partition coefficient (Wildman–Crippen LogP) is 1.47. The van der Waals surface area contributed by atoms with Crippen molar-refractivity contribution in [3.63, 3.8) is 0 Å². The minimum atomic E-state index is -0.803. The van der Waals surface area contributed by atoms with Crippen LogP contribution in [0.25, 0.3) is 0 Å². The molecule has 0 fully saturated rings. The van der Waals surface area contributed by atoms with Gasteiger partial charge in [0.2, 0.25) is 5.91 Å². The number of anilines is 1. The van der Waals surface area contributed by atoms with Gasteiger partial charge in [-0.25, -0.2) is 0 Å². The van der Waals surface area contributed by atoms with Gasteiger partial charge in [-0.05, 0) is 25.0 Å². The summed E-state index contributed by atoms with van der Waals surface area (Å²) in [6.07, 6.45) is 2.43. The zero-order chi connectivity index (χ0) is 13.8. The number of para-hydroxylation sites is 1. The lowest BCUT2D eigenvalue weighted by Crippen LogP contribution is -2.37. The van der Waals surface area contributed by atoms with Gasteiger partial charge in [0, 0.05) is 41.1 Å². The van der Waals surface area contributed by atoms with Crippen molar-refractivity contribution in [2.24, 2.45) is 0 Å². The fraction of sp³-hybridized carbons (Fsp3) is 0.500. The number of carbonyl (C=O) groups excluding carboxylic acids is 1. The van der Waals surface area contributed by atoms with Gasteiger partial charge in [0.15, 0.2) is 0 Å². The van der Waals surface area contributed by atoms with Gasteiger partial charge in [-0.15, -0.1) is 0 Å². The number of hydrogen-bond donors (Lipinski definition) is 2. The quantitative estimate of drug-likeness (QED) is 0.858. The van der Waals surface area contributed by atoms with Crippen LogP contribution >= 0.6 is 0 Å². The molecule has 0 aliphatic carbocycles. The average Bonchev–Trinajstić information content (AvgIpc) is 2.80. The summed E-state index contributed by atoms with van der Waals surface area (Å²) in [7, 11) is -0.803. The first kappa shape index (κ1) is 14.1. The molecule has 1 aromatic carbocycles. The van der Waals surface area contributed by atoms with Gasteiger partial charge in [0.1, 0.15) is 0 Å². The fourth-order valence-corrected chi connectivity index (χ4v) is 2.96. The van der Waals surface area contributed by atoms with Gasteiger partial charge in [-0.2, -0.15) is 0 Å². The van der Waals surface area contributed by atoms with Gasteiger partial charge in [0.25, 0.3) is 0 Å². The Morgan fingerprint density at radius 3 is 3.00 bits per heavy atom. The molecule has 19 heavy (non-hydrogen) atoms. The highest BCUT2D eigenvalue weighted by Gasteiger charge is 2.28. The largest absolute Gasteiger partial charge is 0.384 e. The van der Waals surface area contributed by atoms with Crippen molar-refractivity contribution in [3.05, 3.63) is 29.8 Å². The highest BCUT2D eigenvalue weighted by molar-refractivity contribution is 7.84. The summed E-state index contributed by atoms with van der Waals surface area (Å²) in [5.41, 5.74) is 2.11. The van der Waals surface area contributed by atoms with Crippen LogP contribution in [0.4, 0.5) is 5.69 Å². The molecule has 2 N–H and O–H groups in total. The van der Waals surface area contributed by atoms with E-state index in [1.54, 1.807) is 6.26 Å². The van der Waals surface area contributed by atoms with E-state index in [0.717, 1.165) is 17.7 Å². The summed E-state index contributed by atoms with van der Waals surface area (Å²) in [4.78, 5) is 12.2. The Hall–Kier alpha value is -1.36. The van der Waals surface area contributed by atoms with E-state index in [-0.39, 0.29) is 17.9 Å². The second kappa shape index (κ2) is 6.19. The third kappa shape index (κ3) is 3.56. The minimum absolute atomic E-state index is 0.0480. The summed E-state index contributed by atoms with van der Waals surface area (Å²) in [6, 6.07) is 7.96. The second-order valence-corrected chi connectivity index (χ2v) is 6.55. The van der Waals surface area contributed by atoms with E-state index in [4.69, 9.17) is 0 Å². The molecule has 1 heterocycles. The van der Waals surface area contributed by atoms with Gasteiger partial charge in [-0.3, -0.25) is 9.00 Å². The van der Waals surface area contributed by atoms with E-state index in [0.29, 0.717) is 12.3 Å². The molecule has 0 aromatic heterocycles. The van der Waals surface area contributed by atoms with Crippen molar-refractivity contribution in [3.8, 4) is 0 Å². The van der Waals surface area contributed by atoms with Crippen molar-refractivity contribution in [1.29, 1.82) is 0 Å². The topological polar surface area (TPSA) is 58.2 Å². The number of carbonyl (C=O) groups is 1. The standard InChI is InChI=1S/C14H20N2O2S/c1-10(7-8-19(2)18)16-14(17)12-9-15-13-6-4-3-5-11(12)13/h3-6,10,12,15H,7-9H2,1-2H3,(H,16,17). The lowest BCUT2D eigenvalue weighted by molar-refractivity contribution is -0.122. The van der Waals surface area contributed by atoms with Crippen molar-refractivity contribution in [2.45, 2.75) is 25.3 Å². The van der Waals surface area contributed by atoms with Crippen LogP contribution in [0.2, 0.25) is 0 Å². The first-order valence-electron chi connectivity index (χ1n) is 6.51. The molecule has 3 unspecified atom stereocenters. The lowest BCUT2D eigenvalue weighted by atomic mass is 10.00. The van der Waals surface area contributed by atoms with Crippen LogP contribution in [0.3, 0.4) is 0 Å². The first-order valence-corrected chi connectivity index (χ1v) is 8.24. The molecule has 3 atom stereocenters. The van der Waals surface area contributed by atoms with Crippen molar-refractivity contribution >= 4 is 22.4 Å². The highest BCUT2D eigenvalue weighted by atomic mass is 32.2. The normalized spacial score (nSPS) is 20.2. The molecule has 1 aliphatic rings. The molecule has 1 amide bonds. The zero-order valence-electron chi connectivity index (χ0n) is 11.3. The molecule has 1 aliphatic heterocycles. The third-order valence-electron chi connectivity index (χ3n) is 3.38. The number of amides is 1. The van der Waals surface area contributed by atoms with Gasteiger partial charge < -0.3 is 10.6 Å². The molecule has 0 saturated heterocycles. The molecule has 5 heteroatoms. The lowest BCUT2D eigenvalue weighted by Gasteiger charge is -2.16. The summed E-state index contributed by atoms with van der Waals surface area (Å²) < 4.78 is 11.0. The van der Waals surface area contributed by atoms with Crippen LogP contribution in [0.5, 0.6) is 0 Å². The fourth-order valence-electron chi connectivity index (χ4n) is 2.28. The van der Waals surface area contributed by atoms with Crippen molar-refractivity contribution in [2.75, 3.05) is 23.9 Å². The number of fused-ring (bicyclic) bond motifs is 1. The predicted molar refractivity (Wildman–Crippen MR) is 78.8 cm³/mol. The van der Waals surface area contributed by atoms with E-state index < -0.39 is 10.8 Å². The van der Waals surface area contributed by atoms with Crippen LogP contribution < -0.4 is 10.6 Å². The number of hydrogen-bond acceptors (Lipinski definition) is 3. The third-order valence-corrected chi connectivity index (χ3v) is 4.19. The molecule has 0 saturated carbocycles. The maximum absolute atomic E-state index is 12.2. The van der Waals surface area contributed by atoms with Crippen molar-refractivity contribution < 1.29 is 9.00 Å². The molecule has 4 nitrogen and oxygen atoms in total. The minimum Gasteiger partial charge on any atom is -0.384 e. The molecule has 2 rings (SSSR count). The van der Waals surface area contributed by atoms with Gasteiger partial charge in [-0.1, -0.05) is 18.2 Å². The van der Waals surface area contributed by atoms with Crippen LogP contribution in [0.1, 0.15) is 24.8 Å². The summed E-state index contributed by atoms with van der Waals surface area (Å²) >= 11 is 0. The van der Waals surface area contributed by atoms with E-state index in [2.05, 4.69) is 10.6 Å². The summed E-state index contributed by atoms with van der Waals surface area (Å²) in [5.74, 6) is 0.554. The number of rotatable bonds is 5. The maximum Gasteiger partial charge on any atom is 0.229 e. The Bertz CT molecular complexity index is 490. The highest BCUT2D eigenvalue weighted by Crippen LogP contribution is 2.31. The van der Waals surface area contributed by atoms with E-state index >= 15 is 0 Å². The molecule has 0 bridgehead atoms. The Kier molecular flexibility index (Phi) is 4.58. The van der Waals surface area contributed by atoms with E-state index in [1.807, 2.05) is 31.2 Å². The molecular formula is C14H20N2O2S. The van der Waals surface area contributed by atoms with Gasteiger partial charge in [0.05, 0.1) is 5.92 Å². The number of nitrogens with one attached hydrogen (secondary N) is 2. The summed E-state index contributed by atoms with van der Waals surface area (Å²) in [5, 5.41) is 6.25. The first-order chi connectivity index (χ1) is 9.08. The second-order valence-electron chi connectivity index (χ2n) is 5.00. The molecule has 104 valence electrons. The number of benzene rings is 1. The Morgan fingerprint density at radius 2 is 2.26 bits per heavy atom. The molecule has 1 aromatic rings. The zero-order valence-corrected chi connectivity index (χ0v) is 12.1. The van der Waals surface area contributed by atoms with Gasteiger partial charge >= 0.3 is 0 Å². The molecule has 0 spiro atoms. The van der Waals surface area contributed by atoms with Crippen LogP contribution in [-0.2, 0) is 15.6 Å². The van der Waals surface area contributed by atoms with Crippen LogP contribution in [0.15, 0.2) is 24.3 Å². The van der Waals surface area contributed by atoms with Crippen LogP contribution in [0, 0.1) is 0 Å². The monoisotopic (exact) mass is 280 g/mol. The van der Waals surface area contributed by atoms with E-state index in [9.17, 15) is 9.00 Å². The van der Waals surface area contributed by atoms with E-state index in [1.165, 1.54) is 0 Å². The van der Waals surface area contributed by atoms with Crippen molar-refractivity contribution in [1.82, 2.24) is 5.32 Å². The van der Waals surface area contributed by atoms with Crippen LogP contribution in [-0.4, -0.2) is 34.7 Å². The Balaban J connectivity index is 1.93. The Morgan fingerprint density at radius 1 is 1.53 bits per heavy atom. The maximum atomic E-state index is 12.2. The summed E-state index contributed by atoms with van der Waals surface area (Å²) in [6.45, 7) is 2.61. The average molecular weight is 280 g/mol.